The highest BCUT2D eigenvalue weighted by atomic mass is 32.2. The van der Waals surface area contributed by atoms with Crippen molar-refractivity contribution in [3.05, 3.63) is 65.5 Å². The lowest BCUT2D eigenvalue weighted by atomic mass is 9.97. The fraction of sp³-hybridized carbons (Fsp3) is 0.350. The maximum atomic E-state index is 12.9. The fourth-order valence-corrected chi connectivity index (χ4v) is 4.62. The smallest absolute Gasteiger partial charge is 0.243 e. The van der Waals surface area contributed by atoms with Crippen LogP contribution in [-0.4, -0.2) is 31.7 Å². The molecule has 7 heteroatoms. The first-order valence-corrected chi connectivity index (χ1v) is 10.4. The summed E-state index contributed by atoms with van der Waals surface area (Å²) in [5, 5.41) is 2.85. The van der Waals surface area contributed by atoms with Gasteiger partial charge in [0.15, 0.2) is 0 Å². The van der Waals surface area contributed by atoms with Crippen LogP contribution in [0.5, 0.6) is 0 Å². The largest absolute Gasteiger partial charge is 0.352 e. The summed E-state index contributed by atoms with van der Waals surface area (Å²) in [4.78, 5) is 12.6. The van der Waals surface area contributed by atoms with E-state index in [2.05, 4.69) is 5.32 Å². The highest BCUT2D eigenvalue weighted by Gasteiger charge is 2.31. The Labute approximate surface area is 159 Å². The second-order valence-electron chi connectivity index (χ2n) is 6.84. The first kappa shape index (κ1) is 19.5. The van der Waals surface area contributed by atoms with E-state index < -0.39 is 10.0 Å². The van der Waals surface area contributed by atoms with Gasteiger partial charge in [-0.1, -0.05) is 29.8 Å². The minimum Gasteiger partial charge on any atom is -0.352 e. The number of nitrogens with zero attached hydrogens (tertiary/aromatic N) is 1. The van der Waals surface area contributed by atoms with Crippen LogP contribution in [0.4, 0.5) is 4.39 Å². The average Bonchev–Trinajstić information content (AvgIpc) is 2.68. The fourth-order valence-electron chi connectivity index (χ4n) is 3.15. The summed E-state index contributed by atoms with van der Waals surface area (Å²) in [6, 6.07) is 12.8. The molecule has 1 fully saturated rings. The molecule has 1 heterocycles. The van der Waals surface area contributed by atoms with Crippen molar-refractivity contribution < 1.29 is 17.6 Å². The Morgan fingerprint density at radius 1 is 1.07 bits per heavy atom. The van der Waals surface area contributed by atoms with Gasteiger partial charge in [-0.15, -0.1) is 0 Å². The molecule has 0 atom stereocenters. The number of aryl methyl sites for hydroxylation is 1. The molecule has 2 aromatic rings. The van der Waals surface area contributed by atoms with Crippen molar-refractivity contribution >= 4 is 15.9 Å². The van der Waals surface area contributed by atoms with Gasteiger partial charge in [0.2, 0.25) is 15.9 Å². The van der Waals surface area contributed by atoms with Gasteiger partial charge in [0, 0.05) is 25.6 Å². The molecule has 3 rings (SSSR count). The maximum Gasteiger partial charge on any atom is 0.243 e. The molecule has 144 valence electrons. The molecule has 0 bridgehead atoms. The van der Waals surface area contributed by atoms with Gasteiger partial charge < -0.3 is 5.32 Å². The first-order chi connectivity index (χ1) is 12.9. The Kier molecular flexibility index (Phi) is 5.92. The van der Waals surface area contributed by atoms with E-state index in [1.807, 2.05) is 6.92 Å². The maximum absolute atomic E-state index is 12.9. The van der Waals surface area contributed by atoms with E-state index in [1.54, 1.807) is 36.4 Å². The predicted octanol–water partition coefficient (Wildman–Crippen LogP) is 2.85. The van der Waals surface area contributed by atoms with E-state index in [4.69, 9.17) is 0 Å². The second-order valence-corrected chi connectivity index (χ2v) is 8.77. The number of halogens is 1. The van der Waals surface area contributed by atoms with Gasteiger partial charge in [-0.3, -0.25) is 4.79 Å². The van der Waals surface area contributed by atoms with E-state index >= 15 is 0 Å². The summed E-state index contributed by atoms with van der Waals surface area (Å²) in [6.45, 7) is 2.89. The quantitative estimate of drug-likeness (QED) is 0.854. The molecule has 0 unspecified atom stereocenters. The molecule has 1 N–H and O–H groups in total. The van der Waals surface area contributed by atoms with Crippen LogP contribution in [0.15, 0.2) is 53.4 Å². The summed E-state index contributed by atoms with van der Waals surface area (Å²) in [7, 11) is -3.52. The lowest BCUT2D eigenvalue weighted by Gasteiger charge is -2.30. The van der Waals surface area contributed by atoms with Gasteiger partial charge in [-0.05, 0) is 49.6 Å². The van der Waals surface area contributed by atoms with E-state index in [9.17, 15) is 17.6 Å². The number of sulfonamides is 1. The van der Waals surface area contributed by atoms with Gasteiger partial charge in [0.05, 0.1) is 4.90 Å². The van der Waals surface area contributed by atoms with Gasteiger partial charge in [0.1, 0.15) is 5.82 Å². The molecule has 0 aliphatic carbocycles. The molecule has 0 radical (unpaired) electrons. The third-order valence-electron chi connectivity index (χ3n) is 4.86. The van der Waals surface area contributed by atoms with Gasteiger partial charge >= 0.3 is 0 Å². The molecular formula is C20H23FN2O3S. The average molecular weight is 390 g/mol. The monoisotopic (exact) mass is 390 g/mol. The van der Waals surface area contributed by atoms with Crippen molar-refractivity contribution in [2.24, 2.45) is 5.92 Å². The Morgan fingerprint density at radius 2 is 1.67 bits per heavy atom. The number of carbonyl (C=O) groups excluding carboxylic acids is 1. The summed E-state index contributed by atoms with van der Waals surface area (Å²) >= 11 is 0. The van der Waals surface area contributed by atoms with Crippen molar-refractivity contribution in [1.29, 1.82) is 0 Å². The van der Waals surface area contributed by atoms with Crippen LogP contribution in [-0.2, 0) is 21.4 Å². The van der Waals surface area contributed by atoms with Crippen molar-refractivity contribution in [2.45, 2.75) is 31.2 Å². The molecular weight excluding hydrogens is 367 g/mol. The third kappa shape index (κ3) is 4.73. The lowest BCUT2D eigenvalue weighted by molar-refractivity contribution is -0.126. The van der Waals surface area contributed by atoms with Crippen LogP contribution >= 0.6 is 0 Å². The number of hydrogen-bond acceptors (Lipinski definition) is 3. The zero-order valence-electron chi connectivity index (χ0n) is 15.2. The number of rotatable bonds is 5. The Balaban J connectivity index is 1.54. The van der Waals surface area contributed by atoms with Crippen LogP contribution in [0.2, 0.25) is 0 Å². The molecule has 2 aromatic carbocycles. The normalized spacial score (nSPS) is 16.2. The molecule has 1 aliphatic rings. The Morgan fingerprint density at radius 3 is 2.26 bits per heavy atom. The number of hydrogen-bond donors (Lipinski definition) is 1. The molecule has 1 amide bonds. The molecule has 5 nitrogen and oxygen atoms in total. The minimum absolute atomic E-state index is 0.0910. The highest BCUT2D eigenvalue weighted by Crippen LogP contribution is 2.24. The molecule has 0 spiro atoms. The molecule has 27 heavy (non-hydrogen) atoms. The van der Waals surface area contributed by atoms with Crippen molar-refractivity contribution in [2.75, 3.05) is 13.1 Å². The second kappa shape index (κ2) is 8.19. The molecule has 0 aromatic heterocycles. The van der Waals surface area contributed by atoms with Crippen LogP contribution < -0.4 is 5.32 Å². The van der Waals surface area contributed by atoms with Crippen LogP contribution in [0, 0.1) is 18.7 Å². The number of amides is 1. The summed E-state index contributed by atoms with van der Waals surface area (Å²) in [5.41, 5.74) is 1.83. The predicted molar refractivity (Wildman–Crippen MR) is 101 cm³/mol. The Hall–Kier alpha value is -2.25. The lowest BCUT2D eigenvalue weighted by Crippen LogP contribution is -2.42. The van der Waals surface area contributed by atoms with E-state index in [-0.39, 0.29) is 22.5 Å². The van der Waals surface area contributed by atoms with E-state index in [0.717, 1.165) is 11.1 Å². The zero-order chi connectivity index (χ0) is 19.4. The van der Waals surface area contributed by atoms with Crippen LogP contribution in [0.3, 0.4) is 0 Å². The Bertz CT molecular complexity index is 888. The van der Waals surface area contributed by atoms with Crippen molar-refractivity contribution in [3.8, 4) is 0 Å². The number of piperidine rings is 1. The van der Waals surface area contributed by atoms with Crippen molar-refractivity contribution in [1.82, 2.24) is 9.62 Å². The topological polar surface area (TPSA) is 66.5 Å². The van der Waals surface area contributed by atoms with E-state index in [0.29, 0.717) is 32.5 Å². The minimum atomic E-state index is -3.52. The number of nitrogens with one attached hydrogen (secondary N) is 1. The number of benzene rings is 2. The first-order valence-electron chi connectivity index (χ1n) is 8.95. The SMILES string of the molecule is Cc1ccc(S(=O)(=O)N2CCC(C(=O)NCc3ccc(F)cc3)CC2)cc1. The summed E-state index contributed by atoms with van der Waals surface area (Å²) < 4.78 is 39.8. The standard InChI is InChI=1S/C20H23FN2O3S/c1-15-2-8-19(9-3-15)27(25,26)23-12-10-17(11-13-23)20(24)22-14-16-4-6-18(21)7-5-16/h2-9,17H,10-14H2,1H3,(H,22,24). The molecule has 1 saturated heterocycles. The van der Waals surface area contributed by atoms with Gasteiger partial charge in [0.25, 0.3) is 0 Å². The van der Waals surface area contributed by atoms with Crippen molar-refractivity contribution in [3.63, 3.8) is 0 Å². The molecule has 0 saturated carbocycles. The van der Waals surface area contributed by atoms with Crippen LogP contribution in [0.25, 0.3) is 0 Å². The van der Waals surface area contributed by atoms with E-state index in [1.165, 1.54) is 16.4 Å². The summed E-state index contributed by atoms with van der Waals surface area (Å²) in [6.07, 6.45) is 0.973. The molecule has 1 aliphatic heterocycles. The van der Waals surface area contributed by atoms with Gasteiger partial charge in [-0.25, -0.2) is 12.8 Å². The number of carbonyl (C=O) groups is 1. The van der Waals surface area contributed by atoms with Crippen LogP contribution in [0.1, 0.15) is 24.0 Å². The summed E-state index contributed by atoms with van der Waals surface area (Å²) in [5.74, 6) is -0.617. The highest BCUT2D eigenvalue weighted by molar-refractivity contribution is 7.89. The third-order valence-corrected chi connectivity index (χ3v) is 6.78. The zero-order valence-corrected chi connectivity index (χ0v) is 16.0. The van der Waals surface area contributed by atoms with Gasteiger partial charge in [-0.2, -0.15) is 4.31 Å².